The van der Waals surface area contributed by atoms with Gasteiger partial charge in [0.15, 0.2) is 0 Å². The first-order valence-corrected chi connectivity index (χ1v) is 5.86. The summed E-state index contributed by atoms with van der Waals surface area (Å²) in [5.41, 5.74) is 1.74. The number of benzene rings is 1. The van der Waals surface area contributed by atoms with Crippen molar-refractivity contribution >= 4 is 12.3 Å². The Bertz CT molecular complexity index is 421. The van der Waals surface area contributed by atoms with Crippen molar-refractivity contribution in [3.8, 4) is 0 Å². The number of hydrogen-bond acceptors (Lipinski definition) is 3. The second-order valence-corrected chi connectivity index (χ2v) is 4.51. The molecule has 90 valence electrons. The molecule has 0 amide bonds. The van der Waals surface area contributed by atoms with Gasteiger partial charge in [0.25, 0.3) is 0 Å². The molecule has 0 bridgehead atoms. The minimum absolute atomic E-state index is 0.182. The van der Waals surface area contributed by atoms with E-state index in [0.717, 1.165) is 24.7 Å². The predicted octanol–water partition coefficient (Wildman–Crippen LogP) is 2.56. The molecule has 1 aliphatic rings. The molecule has 1 aromatic rings. The number of hydrogen-bond donors (Lipinski definition) is 0. The molecule has 2 rings (SSSR count). The third-order valence-electron chi connectivity index (χ3n) is 3.28. The zero-order valence-electron chi connectivity index (χ0n) is 9.89. The van der Waals surface area contributed by atoms with Gasteiger partial charge in [0, 0.05) is 5.56 Å². The Morgan fingerprint density at radius 2 is 2.29 bits per heavy atom. The molecule has 0 radical (unpaired) electrons. The van der Waals surface area contributed by atoms with Crippen LogP contribution in [-0.2, 0) is 9.53 Å². The molecular formula is C14H16O3. The highest BCUT2D eigenvalue weighted by molar-refractivity contribution is 5.75. The van der Waals surface area contributed by atoms with Crippen LogP contribution < -0.4 is 0 Å². The van der Waals surface area contributed by atoms with E-state index < -0.39 is 0 Å². The van der Waals surface area contributed by atoms with Crippen LogP contribution in [0.5, 0.6) is 0 Å². The average molecular weight is 232 g/mol. The zero-order chi connectivity index (χ0) is 12.3. The molecule has 0 heterocycles. The van der Waals surface area contributed by atoms with Crippen molar-refractivity contribution in [1.29, 1.82) is 0 Å². The fraction of sp³-hybridized carbons (Fsp3) is 0.429. The van der Waals surface area contributed by atoms with E-state index in [1.54, 1.807) is 6.07 Å². The van der Waals surface area contributed by atoms with Crippen LogP contribution in [0.2, 0.25) is 0 Å². The minimum atomic E-state index is -0.182. The van der Waals surface area contributed by atoms with Gasteiger partial charge in [-0.2, -0.15) is 0 Å². The zero-order valence-corrected chi connectivity index (χ0v) is 9.89. The number of ether oxygens (including phenoxy) is 1. The Labute approximate surface area is 101 Å². The summed E-state index contributed by atoms with van der Waals surface area (Å²) in [5, 5.41) is 0. The topological polar surface area (TPSA) is 43.4 Å². The van der Waals surface area contributed by atoms with E-state index in [1.165, 1.54) is 7.11 Å². The number of esters is 1. The van der Waals surface area contributed by atoms with Crippen molar-refractivity contribution in [1.82, 2.24) is 0 Å². The molecule has 0 aromatic heterocycles. The van der Waals surface area contributed by atoms with Crippen molar-refractivity contribution < 1.29 is 14.3 Å². The molecule has 3 heteroatoms. The lowest BCUT2D eigenvalue weighted by Gasteiger charge is -2.15. The molecule has 0 saturated heterocycles. The summed E-state index contributed by atoms with van der Waals surface area (Å²) in [6, 6.07) is 7.50. The lowest BCUT2D eigenvalue weighted by molar-refractivity contribution is -0.141. The highest BCUT2D eigenvalue weighted by Gasteiger charge is 2.33. The van der Waals surface area contributed by atoms with Crippen molar-refractivity contribution in [2.24, 2.45) is 5.92 Å². The molecule has 1 atom stereocenters. The highest BCUT2D eigenvalue weighted by Crippen LogP contribution is 2.44. The summed E-state index contributed by atoms with van der Waals surface area (Å²) in [6.07, 6.45) is 3.56. The van der Waals surface area contributed by atoms with E-state index in [9.17, 15) is 9.59 Å². The number of methoxy groups -OCH3 is 1. The van der Waals surface area contributed by atoms with Gasteiger partial charge in [-0.05, 0) is 36.3 Å². The Balaban J connectivity index is 2.19. The van der Waals surface area contributed by atoms with Gasteiger partial charge in [-0.3, -0.25) is 9.59 Å². The van der Waals surface area contributed by atoms with E-state index in [0.29, 0.717) is 17.9 Å². The summed E-state index contributed by atoms with van der Waals surface area (Å²) >= 11 is 0. The van der Waals surface area contributed by atoms with Crippen LogP contribution in [-0.4, -0.2) is 19.4 Å². The third-order valence-corrected chi connectivity index (χ3v) is 3.28. The van der Waals surface area contributed by atoms with Crippen LogP contribution in [0.3, 0.4) is 0 Å². The lowest BCUT2D eigenvalue weighted by Crippen LogP contribution is -2.10. The van der Waals surface area contributed by atoms with Crippen LogP contribution in [0.15, 0.2) is 24.3 Å². The fourth-order valence-corrected chi connectivity index (χ4v) is 2.18. The van der Waals surface area contributed by atoms with Crippen molar-refractivity contribution in [2.45, 2.75) is 25.2 Å². The molecule has 1 fully saturated rings. The normalized spacial score (nSPS) is 16.3. The largest absolute Gasteiger partial charge is 0.469 e. The highest BCUT2D eigenvalue weighted by atomic mass is 16.5. The summed E-state index contributed by atoms with van der Waals surface area (Å²) in [5.74, 6) is 0.580. The second kappa shape index (κ2) is 5.13. The number of aldehydes is 1. The maximum Gasteiger partial charge on any atom is 0.306 e. The van der Waals surface area contributed by atoms with Crippen LogP contribution in [0.4, 0.5) is 0 Å². The number of carbonyl (C=O) groups excluding carboxylic acids is 2. The first-order chi connectivity index (χ1) is 8.24. The van der Waals surface area contributed by atoms with E-state index in [4.69, 9.17) is 4.74 Å². The molecular weight excluding hydrogens is 216 g/mol. The van der Waals surface area contributed by atoms with Gasteiger partial charge >= 0.3 is 5.97 Å². The average Bonchev–Trinajstić information content (AvgIpc) is 3.20. The van der Waals surface area contributed by atoms with Gasteiger partial charge in [-0.1, -0.05) is 18.2 Å². The van der Waals surface area contributed by atoms with Gasteiger partial charge in [0.1, 0.15) is 6.29 Å². The summed E-state index contributed by atoms with van der Waals surface area (Å²) in [7, 11) is 1.41. The van der Waals surface area contributed by atoms with Crippen LogP contribution >= 0.6 is 0 Å². The minimum Gasteiger partial charge on any atom is -0.469 e. The first kappa shape index (κ1) is 11.8. The van der Waals surface area contributed by atoms with Gasteiger partial charge < -0.3 is 4.74 Å². The predicted molar refractivity (Wildman–Crippen MR) is 63.9 cm³/mol. The molecule has 0 aliphatic heterocycles. The van der Waals surface area contributed by atoms with Gasteiger partial charge in [-0.25, -0.2) is 0 Å². The van der Waals surface area contributed by atoms with E-state index in [-0.39, 0.29) is 11.9 Å². The van der Waals surface area contributed by atoms with Crippen LogP contribution in [0, 0.1) is 5.92 Å². The van der Waals surface area contributed by atoms with Gasteiger partial charge in [0.05, 0.1) is 13.5 Å². The van der Waals surface area contributed by atoms with Crippen LogP contribution in [0.1, 0.15) is 41.1 Å². The van der Waals surface area contributed by atoms with E-state index >= 15 is 0 Å². The van der Waals surface area contributed by atoms with Crippen molar-refractivity contribution in [3.63, 3.8) is 0 Å². The molecule has 3 nitrogen and oxygen atoms in total. The lowest BCUT2D eigenvalue weighted by atomic mass is 9.90. The first-order valence-electron chi connectivity index (χ1n) is 5.86. The molecule has 1 unspecified atom stereocenters. The quantitative estimate of drug-likeness (QED) is 0.579. The second-order valence-electron chi connectivity index (χ2n) is 4.51. The fourth-order valence-electron chi connectivity index (χ4n) is 2.18. The molecule has 17 heavy (non-hydrogen) atoms. The summed E-state index contributed by atoms with van der Waals surface area (Å²) in [6.45, 7) is 0. The number of rotatable bonds is 5. The Kier molecular flexibility index (Phi) is 3.57. The van der Waals surface area contributed by atoms with Gasteiger partial charge in [-0.15, -0.1) is 0 Å². The molecule has 1 aliphatic carbocycles. The Morgan fingerprint density at radius 3 is 2.88 bits per heavy atom. The summed E-state index contributed by atoms with van der Waals surface area (Å²) < 4.78 is 4.73. The Hall–Kier alpha value is -1.64. The Morgan fingerprint density at radius 1 is 1.53 bits per heavy atom. The third kappa shape index (κ3) is 2.93. The number of carbonyl (C=O) groups is 2. The molecule has 0 N–H and O–H groups in total. The van der Waals surface area contributed by atoms with Gasteiger partial charge in [0.2, 0.25) is 0 Å². The molecule has 1 aromatic carbocycles. The van der Waals surface area contributed by atoms with Crippen LogP contribution in [0.25, 0.3) is 0 Å². The maximum atomic E-state index is 11.4. The van der Waals surface area contributed by atoms with Crippen molar-refractivity contribution in [3.05, 3.63) is 35.4 Å². The van der Waals surface area contributed by atoms with Crippen molar-refractivity contribution in [2.75, 3.05) is 7.11 Å². The SMILES string of the molecule is COC(=O)CC(c1cccc(C=O)c1)C1CC1. The monoisotopic (exact) mass is 232 g/mol. The maximum absolute atomic E-state index is 11.4. The van der Waals surface area contributed by atoms with E-state index in [2.05, 4.69) is 0 Å². The molecule has 0 spiro atoms. The summed E-state index contributed by atoms with van der Waals surface area (Å²) in [4.78, 5) is 22.1. The van der Waals surface area contributed by atoms with E-state index in [1.807, 2.05) is 18.2 Å². The molecule has 1 saturated carbocycles. The standard InChI is InChI=1S/C14H16O3/c1-17-14(16)8-13(11-5-6-11)12-4-2-3-10(7-12)9-15/h2-4,7,9,11,13H,5-6,8H2,1H3. The smallest absolute Gasteiger partial charge is 0.306 e.